The highest BCUT2D eigenvalue weighted by molar-refractivity contribution is 6.13. The molecule has 0 radical (unpaired) electrons. The summed E-state index contributed by atoms with van der Waals surface area (Å²) in [5, 5.41) is 4.99. The summed E-state index contributed by atoms with van der Waals surface area (Å²) in [6.07, 6.45) is 1.95. The molecule has 2 aliphatic heterocycles. The number of rotatable bonds is 4. The average molecular weight is 768 g/mol. The Morgan fingerprint density at radius 3 is 2.07 bits per heavy atom. The molecule has 4 heterocycles. The summed E-state index contributed by atoms with van der Waals surface area (Å²) in [7, 11) is 0. The summed E-state index contributed by atoms with van der Waals surface area (Å²) >= 11 is 0. The van der Waals surface area contributed by atoms with Crippen molar-refractivity contribution in [2.75, 3.05) is 15.1 Å². The minimum Gasteiger partial charge on any atom is -0.350 e. The van der Waals surface area contributed by atoms with Crippen LogP contribution in [0.1, 0.15) is 68.0 Å². The van der Waals surface area contributed by atoms with Crippen molar-refractivity contribution in [2.24, 2.45) is 0 Å². The van der Waals surface area contributed by atoms with E-state index in [-0.39, 0.29) is 10.8 Å². The number of hydrogen-bond acceptors (Lipinski definition) is 5. The van der Waals surface area contributed by atoms with Crippen LogP contribution in [-0.2, 0) is 10.8 Å². The van der Waals surface area contributed by atoms with Gasteiger partial charge in [0, 0.05) is 28.2 Å². The zero-order chi connectivity index (χ0) is 40.8. The lowest BCUT2D eigenvalue weighted by Gasteiger charge is -2.42. The molecule has 1 N–H and O–H groups in total. The molecule has 0 bridgehead atoms. The van der Waals surface area contributed by atoms with Gasteiger partial charge < -0.3 is 10.2 Å². The summed E-state index contributed by atoms with van der Waals surface area (Å²) in [6.45, 7) is 18.1. The van der Waals surface area contributed by atoms with E-state index in [4.69, 9.17) is 9.97 Å². The molecule has 6 aromatic carbocycles. The summed E-state index contributed by atoms with van der Waals surface area (Å²) in [4.78, 5) is 15.4. The maximum atomic E-state index is 5.67. The van der Waals surface area contributed by atoms with Gasteiger partial charge in [0.15, 0.2) is 0 Å². The minimum atomic E-state index is -0.227. The first-order valence-corrected chi connectivity index (χ1v) is 20.7. The fraction of sp³-hybridized carbons (Fsp3) is 0.185. The van der Waals surface area contributed by atoms with E-state index in [1.54, 1.807) is 0 Å². The number of aryl methyl sites for hydroxylation is 3. The number of hydrogen-bond donors (Lipinski definition) is 1. The number of pyridine rings is 2. The molecular formula is C54H49N5. The SMILES string of the molecule is Cc1cc(C)c(-c2cc3c(c4nc(-c5ccc6c(c5)N(c5cc(C(C)(C)C)ccn5)c5ccccc5C6(C)C)ccc24)Nc2ccccc2N3c2ccccc2)c(C)c1. The van der Waals surface area contributed by atoms with Crippen LogP contribution >= 0.6 is 0 Å². The number of benzene rings is 6. The maximum absolute atomic E-state index is 5.67. The molecule has 10 rings (SSSR count). The molecule has 0 amide bonds. The fourth-order valence-corrected chi connectivity index (χ4v) is 9.57. The molecule has 2 aromatic heterocycles. The molecule has 0 unspecified atom stereocenters. The first-order valence-electron chi connectivity index (χ1n) is 20.7. The third-order valence-electron chi connectivity index (χ3n) is 12.4. The fourth-order valence-electron chi connectivity index (χ4n) is 9.57. The Bertz CT molecular complexity index is 2950. The Morgan fingerprint density at radius 2 is 1.31 bits per heavy atom. The van der Waals surface area contributed by atoms with Gasteiger partial charge in [-0.1, -0.05) is 113 Å². The predicted molar refractivity (Wildman–Crippen MR) is 248 cm³/mol. The molecule has 5 nitrogen and oxygen atoms in total. The first kappa shape index (κ1) is 36.6. The van der Waals surface area contributed by atoms with Crippen molar-refractivity contribution in [1.29, 1.82) is 0 Å². The number of para-hydroxylation sites is 4. The van der Waals surface area contributed by atoms with Crippen LogP contribution in [0, 0.1) is 20.8 Å². The first-order chi connectivity index (χ1) is 28.4. The van der Waals surface area contributed by atoms with Crippen molar-refractivity contribution in [2.45, 2.75) is 66.2 Å². The third kappa shape index (κ3) is 5.90. The van der Waals surface area contributed by atoms with E-state index in [1.807, 2.05) is 6.20 Å². The van der Waals surface area contributed by atoms with E-state index >= 15 is 0 Å². The lowest BCUT2D eigenvalue weighted by molar-refractivity contribution is 0.589. The van der Waals surface area contributed by atoms with Gasteiger partial charge in [-0.25, -0.2) is 9.97 Å². The number of aromatic nitrogens is 2. The van der Waals surface area contributed by atoms with Crippen molar-refractivity contribution in [3.05, 3.63) is 179 Å². The normalized spacial score (nSPS) is 14.0. The Hall–Kier alpha value is -6.72. The summed E-state index contributed by atoms with van der Waals surface area (Å²) in [6, 6.07) is 50.7. The van der Waals surface area contributed by atoms with Gasteiger partial charge in [-0.15, -0.1) is 0 Å². The quantitative estimate of drug-likeness (QED) is 0.193. The zero-order valence-electron chi connectivity index (χ0n) is 35.1. The number of anilines is 8. The minimum absolute atomic E-state index is 0.0236. The third-order valence-corrected chi connectivity index (χ3v) is 12.4. The van der Waals surface area contributed by atoms with Crippen LogP contribution in [0.3, 0.4) is 0 Å². The van der Waals surface area contributed by atoms with E-state index in [2.05, 4.69) is 210 Å². The van der Waals surface area contributed by atoms with Gasteiger partial charge >= 0.3 is 0 Å². The van der Waals surface area contributed by atoms with Crippen LogP contribution in [0.25, 0.3) is 33.3 Å². The van der Waals surface area contributed by atoms with Gasteiger partial charge in [-0.3, -0.25) is 4.90 Å². The van der Waals surface area contributed by atoms with E-state index in [9.17, 15) is 0 Å². The van der Waals surface area contributed by atoms with Crippen molar-refractivity contribution in [3.63, 3.8) is 0 Å². The van der Waals surface area contributed by atoms with Crippen molar-refractivity contribution in [3.8, 4) is 22.4 Å². The molecule has 2 aliphatic rings. The van der Waals surface area contributed by atoms with Crippen molar-refractivity contribution in [1.82, 2.24) is 9.97 Å². The van der Waals surface area contributed by atoms with Gasteiger partial charge in [0.25, 0.3) is 0 Å². The van der Waals surface area contributed by atoms with Crippen molar-refractivity contribution >= 4 is 56.5 Å². The van der Waals surface area contributed by atoms with Gasteiger partial charge in [0.1, 0.15) is 5.82 Å². The standard InChI is InChI=1S/C54H49N5/c1-33-28-34(2)50(35(3)29-33)40-32-48-52(57-44-19-13-15-21-46(44)58(48)38-16-10-9-11-17-38)51-39(40)23-25-43(56-51)36-22-24-42-47(30-36)59(45-20-14-12-18-41(45)54(42,7)8)49-31-37(26-27-55-49)53(4,5)6/h9-32,57H,1-8H3. The monoisotopic (exact) mass is 767 g/mol. The van der Waals surface area contributed by atoms with Crippen LogP contribution in [0.5, 0.6) is 0 Å². The summed E-state index contributed by atoms with van der Waals surface area (Å²) in [5.74, 6) is 0.914. The summed E-state index contributed by atoms with van der Waals surface area (Å²) < 4.78 is 0. The molecule has 0 fully saturated rings. The molecule has 0 spiro atoms. The average Bonchev–Trinajstić information content (AvgIpc) is 3.22. The summed E-state index contributed by atoms with van der Waals surface area (Å²) in [5.41, 5.74) is 20.2. The molecule has 0 saturated carbocycles. The number of nitrogens with one attached hydrogen (secondary N) is 1. The molecule has 0 atom stereocenters. The van der Waals surface area contributed by atoms with Crippen LogP contribution in [0.2, 0.25) is 0 Å². The van der Waals surface area contributed by atoms with E-state index < -0.39 is 0 Å². The van der Waals surface area contributed by atoms with Crippen LogP contribution in [-0.4, -0.2) is 9.97 Å². The van der Waals surface area contributed by atoms with Crippen LogP contribution < -0.4 is 15.1 Å². The predicted octanol–water partition coefficient (Wildman–Crippen LogP) is 14.8. The van der Waals surface area contributed by atoms with E-state index in [0.29, 0.717) is 0 Å². The molecular weight excluding hydrogens is 719 g/mol. The highest BCUT2D eigenvalue weighted by atomic mass is 15.2. The molecule has 0 saturated heterocycles. The van der Waals surface area contributed by atoms with Crippen LogP contribution in [0.4, 0.5) is 45.6 Å². The highest BCUT2D eigenvalue weighted by Gasteiger charge is 2.38. The second-order valence-corrected chi connectivity index (χ2v) is 17.9. The smallest absolute Gasteiger partial charge is 0.137 e. The van der Waals surface area contributed by atoms with Gasteiger partial charge in [0.05, 0.1) is 45.3 Å². The Balaban J connectivity index is 1.22. The largest absolute Gasteiger partial charge is 0.350 e. The van der Waals surface area contributed by atoms with Gasteiger partial charge in [-0.2, -0.15) is 0 Å². The Kier molecular flexibility index (Phi) is 8.33. The highest BCUT2D eigenvalue weighted by Crippen LogP contribution is 2.55. The second kappa shape index (κ2) is 13.4. The molecule has 0 aliphatic carbocycles. The number of nitrogens with zero attached hydrogens (tertiary/aromatic N) is 4. The lowest BCUT2D eigenvalue weighted by Crippen LogP contribution is -2.31. The molecule has 59 heavy (non-hydrogen) atoms. The number of fused-ring (bicyclic) bond motifs is 6. The lowest BCUT2D eigenvalue weighted by atomic mass is 9.73. The van der Waals surface area contributed by atoms with E-state index in [0.717, 1.165) is 67.8 Å². The second-order valence-electron chi connectivity index (χ2n) is 17.9. The van der Waals surface area contributed by atoms with E-state index in [1.165, 1.54) is 44.5 Å². The molecule has 5 heteroatoms. The van der Waals surface area contributed by atoms with Gasteiger partial charge in [-0.05, 0) is 132 Å². The molecule has 290 valence electrons. The molecule has 8 aromatic rings. The van der Waals surface area contributed by atoms with Crippen molar-refractivity contribution < 1.29 is 0 Å². The Morgan fingerprint density at radius 1 is 0.610 bits per heavy atom. The maximum Gasteiger partial charge on any atom is 0.137 e. The van der Waals surface area contributed by atoms with Gasteiger partial charge in [0.2, 0.25) is 0 Å². The van der Waals surface area contributed by atoms with Crippen LogP contribution in [0.15, 0.2) is 146 Å². The zero-order valence-corrected chi connectivity index (χ0v) is 35.1. The topological polar surface area (TPSA) is 44.3 Å². The Labute approximate surface area is 348 Å².